The van der Waals surface area contributed by atoms with Crippen LogP contribution < -0.4 is 26.0 Å². The number of aromatic amines is 1. The standard InChI is InChI=1S/C28H29F3N6O4/c1-3-37(4-2)18-12-9-16(10-13-18)25(39)36-23(19-7-5-6-8-22(19)41-28(29,30)31)24(38)26(40)33-17-11-14-20-21(15-17)35-27(32)34-20/h5-15,23-24,38H,3-4H2,1-2H3,(H,33,40)(H,36,39)(H3,32,34,35). The fourth-order valence-corrected chi connectivity index (χ4v) is 4.39. The Kier molecular flexibility index (Phi) is 8.67. The molecule has 0 spiro atoms. The average Bonchev–Trinajstić information content (AvgIpc) is 3.31. The molecule has 10 nitrogen and oxygen atoms in total. The van der Waals surface area contributed by atoms with Crippen molar-refractivity contribution in [1.29, 1.82) is 0 Å². The van der Waals surface area contributed by atoms with Crippen molar-refractivity contribution in [2.75, 3.05) is 29.0 Å². The lowest BCUT2D eigenvalue weighted by Gasteiger charge is -2.26. The minimum atomic E-state index is -5.06. The Balaban J connectivity index is 1.64. The lowest BCUT2D eigenvalue weighted by molar-refractivity contribution is -0.275. The Labute approximate surface area is 233 Å². The van der Waals surface area contributed by atoms with Crippen LogP contribution in [0.4, 0.5) is 30.5 Å². The monoisotopic (exact) mass is 570 g/mol. The van der Waals surface area contributed by atoms with E-state index in [0.717, 1.165) is 24.8 Å². The summed E-state index contributed by atoms with van der Waals surface area (Å²) in [4.78, 5) is 35.3. The number of ether oxygens (including phenoxy) is 1. The number of fused-ring (bicyclic) bond motifs is 1. The topological polar surface area (TPSA) is 146 Å². The van der Waals surface area contributed by atoms with Gasteiger partial charge in [-0.1, -0.05) is 18.2 Å². The van der Waals surface area contributed by atoms with Crippen molar-refractivity contribution in [1.82, 2.24) is 15.3 Å². The first-order chi connectivity index (χ1) is 19.5. The van der Waals surface area contributed by atoms with Gasteiger partial charge in [-0.15, -0.1) is 13.2 Å². The van der Waals surface area contributed by atoms with Crippen LogP contribution in [0.5, 0.6) is 5.75 Å². The molecule has 41 heavy (non-hydrogen) atoms. The minimum Gasteiger partial charge on any atom is -0.405 e. The molecular weight excluding hydrogens is 541 g/mol. The van der Waals surface area contributed by atoms with Gasteiger partial charge in [-0.25, -0.2) is 4.98 Å². The zero-order valence-corrected chi connectivity index (χ0v) is 22.2. The molecule has 2 amide bonds. The third-order valence-electron chi connectivity index (χ3n) is 6.38. The first-order valence-corrected chi connectivity index (χ1v) is 12.7. The number of hydrogen-bond donors (Lipinski definition) is 5. The summed E-state index contributed by atoms with van der Waals surface area (Å²) >= 11 is 0. The van der Waals surface area contributed by atoms with E-state index in [2.05, 4.69) is 30.2 Å². The van der Waals surface area contributed by atoms with Crippen molar-refractivity contribution >= 4 is 40.2 Å². The van der Waals surface area contributed by atoms with Crippen LogP contribution in [0.1, 0.15) is 35.8 Å². The van der Waals surface area contributed by atoms with E-state index in [1.807, 2.05) is 13.8 Å². The van der Waals surface area contributed by atoms with Gasteiger partial charge < -0.3 is 36.1 Å². The molecular formula is C28H29F3N6O4. The molecule has 0 aliphatic rings. The second-order valence-electron chi connectivity index (χ2n) is 9.04. The lowest BCUT2D eigenvalue weighted by atomic mass is 9.98. The van der Waals surface area contributed by atoms with Crippen molar-refractivity contribution in [3.05, 3.63) is 77.9 Å². The molecule has 2 unspecified atom stereocenters. The highest BCUT2D eigenvalue weighted by atomic mass is 19.4. The van der Waals surface area contributed by atoms with Crippen LogP contribution in [-0.2, 0) is 4.79 Å². The van der Waals surface area contributed by atoms with Gasteiger partial charge in [-0.3, -0.25) is 9.59 Å². The molecule has 3 aromatic carbocycles. The van der Waals surface area contributed by atoms with E-state index >= 15 is 0 Å². The molecule has 6 N–H and O–H groups in total. The number of H-pyrrole nitrogens is 1. The number of imidazole rings is 1. The first-order valence-electron chi connectivity index (χ1n) is 12.7. The zero-order chi connectivity index (χ0) is 29.7. The molecule has 4 aromatic rings. The van der Waals surface area contributed by atoms with E-state index in [4.69, 9.17) is 5.73 Å². The van der Waals surface area contributed by atoms with Crippen molar-refractivity contribution in [3.63, 3.8) is 0 Å². The van der Waals surface area contributed by atoms with Gasteiger partial charge in [0.05, 0.1) is 17.1 Å². The molecule has 216 valence electrons. The van der Waals surface area contributed by atoms with E-state index in [-0.39, 0.29) is 22.8 Å². The number of alkyl halides is 3. The Morgan fingerprint density at radius 3 is 2.41 bits per heavy atom. The summed E-state index contributed by atoms with van der Waals surface area (Å²) in [5.41, 5.74) is 7.76. The number of rotatable bonds is 10. The predicted octanol–water partition coefficient (Wildman–Crippen LogP) is 4.36. The molecule has 0 fully saturated rings. The van der Waals surface area contributed by atoms with Crippen molar-refractivity contribution in [2.24, 2.45) is 0 Å². The summed E-state index contributed by atoms with van der Waals surface area (Å²) in [6.45, 7) is 5.48. The molecule has 0 radical (unpaired) electrons. The number of nitrogens with zero attached hydrogens (tertiary/aromatic N) is 2. The predicted molar refractivity (Wildman–Crippen MR) is 148 cm³/mol. The lowest BCUT2D eigenvalue weighted by Crippen LogP contribution is -2.43. The van der Waals surface area contributed by atoms with Crippen LogP contribution in [0, 0.1) is 0 Å². The molecule has 1 heterocycles. The van der Waals surface area contributed by atoms with Gasteiger partial charge in [-0.05, 0) is 62.4 Å². The van der Waals surface area contributed by atoms with Crippen molar-refractivity contribution in [3.8, 4) is 5.75 Å². The van der Waals surface area contributed by atoms with Crippen LogP contribution in [0.15, 0.2) is 66.7 Å². The van der Waals surface area contributed by atoms with Gasteiger partial charge >= 0.3 is 6.36 Å². The quantitative estimate of drug-likeness (QED) is 0.190. The largest absolute Gasteiger partial charge is 0.573 e. The smallest absolute Gasteiger partial charge is 0.405 e. The fourth-order valence-electron chi connectivity index (χ4n) is 4.39. The van der Waals surface area contributed by atoms with E-state index in [1.54, 1.807) is 30.3 Å². The number of benzene rings is 3. The number of anilines is 3. The maximum atomic E-state index is 13.2. The van der Waals surface area contributed by atoms with Crippen LogP contribution in [0.3, 0.4) is 0 Å². The average molecular weight is 571 g/mol. The van der Waals surface area contributed by atoms with Gasteiger partial charge in [-0.2, -0.15) is 0 Å². The zero-order valence-electron chi connectivity index (χ0n) is 22.2. The van der Waals surface area contributed by atoms with Gasteiger partial charge in [0.1, 0.15) is 5.75 Å². The summed E-state index contributed by atoms with van der Waals surface area (Å²) in [5.74, 6) is -2.22. The SMILES string of the molecule is CCN(CC)c1ccc(C(=O)NC(c2ccccc2OC(F)(F)F)C(O)C(=O)Nc2ccc3nc(N)[nH]c3c2)cc1. The number of aliphatic hydroxyl groups is 1. The Morgan fingerprint density at radius 1 is 1.07 bits per heavy atom. The molecule has 0 bridgehead atoms. The summed E-state index contributed by atoms with van der Waals surface area (Å²) in [6, 6.07) is 14.5. The number of amides is 2. The van der Waals surface area contributed by atoms with E-state index in [0.29, 0.717) is 11.0 Å². The number of aliphatic hydroxyl groups excluding tert-OH is 1. The summed E-state index contributed by atoms with van der Waals surface area (Å²) in [5, 5.41) is 16.1. The summed E-state index contributed by atoms with van der Waals surface area (Å²) in [6.07, 6.45) is -7.08. The molecule has 0 aliphatic carbocycles. The van der Waals surface area contributed by atoms with E-state index < -0.39 is 36.1 Å². The van der Waals surface area contributed by atoms with Gasteiger partial charge in [0.15, 0.2) is 12.1 Å². The Hall–Kier alpha value is -4.78. The van der Waals surface area contributed by atoms with E-state index in [1.165, 1.54) is 30.3 Å². The van der Waals surface area contributed by atoms with Crippen LogP contribution in [0.2, 0.25) is 0 Å². The molecule has 2 atom stereocenters. The number of halogens is 3. The molecule has 1 aromatic heterocycles. The summed E-state index contributed by atoms with van der Waals surface area (Å²) < 4.78 is 43.7. The normalized spacial score (nSPS) is 12.9. The fraction of sp³-hybridized carbons (Fsp3) is 0.250. The molecule has 0 aliphatic heterocycles. The number of nitrogens with one attached hydrogen (secondary N) is 3. The van der Waals surface area contributed by atoms with E-state index in [9.17, 15) is 27.9 Å². The Morgan fingerprint density at radius 2 is 1.76 bits per heavy atom. The number of carbonyl (C=O) groups excluding carboxylic acids is 2. The summed E-state index contributed by atoms with van der Waals surface area (Å²) in [7, 11) is 0. The number of nitrogen functional groups attached to an aromatic ring is 1. The van der Waals surface area contributed by atoms with Crippen molar-refractivity contribution in [2.45, 2.75) is 32.4 Å². The van der Waals surface area contributed by atoms with Crippen molar-refractivity contribution < 1.29 is 32.6 Å². The first kappa shape index (κ1) is 29.2. The highest BCUT2D eigenvalue weighted by Gasteiger charge is 2.36. The van der Waals surface area contributed by atoms with Gasteiger partial charge in [0.25, 0.3) is 11.8 Å². The molecule has 4 rings (SSSR count). The second-order valence-corrected chi connectivity index (χ2v) is 9.04. The maximum Gasteiger partial charge on any atom is 0.573 e. The minimum absolute atomic E-state index is 0.165. The highest BCUT2D eigenvalue weighted by Crippen LogP contribution is 2.33. The highest BCUT2D eigenvalue weighted by molar-refractivity contribution is 5.98. The van der Waals surface area contributed by atoms with Crippen LogP contribution >= 0.6 is 0 Å². The number of para-hydroxylation sites is 1. The van der Waals surface area contributed by atoms with Crippen LogP contribution in [0.25, 0.3) is 11.0 Å². The second kappa shape index (κ2) is 12.2. The van der Waals surface area contributed by atoms with Gasteiger partial charge in [0, 0.05) is 35.6 Å². The molecule has 0 saturated carbocycles. The molecule has 0 saturated heterocycles. The maximum absolute atomic E-state index is 13.2. The van der Waals surface area contributed by atoms with Crippen LogP contribution in [-0.4, -0.2) is 52.4 Å². The number of nitrogens with two attached hydrogens (primary N) is 1. The molecule has 13 heteroatoms. The number of hydrogen-bond acceptors (Lipinski definition) is 7. The van der Waals surface area contributed by atoms with Gasteiger partial charge in [0.2, 0.25) is 0 Å². The Bertz CT molecular complexity index is 1520. The third-order valence-corrected chi connectivity index (χ3v) is 6.38. The third kappa shape index (κ3) is 7.06. The number of aromatic nitrogens is 2. The number of carbonyl (C=O) groups is 2.